The van der Waals surface area contributed by atoms with Gasteiger partial charge < -0.3 is 10.1 Å². The molecule has 0 spiro atoms. The molecule has 0 unspecified atom stereocenters. The summed E-state index contributed by atoms with van der Waals surface area (Å²) in [5, 5.41) is 3.41. The van der Waals surface area contributed by atoms with Crippen molar-refractivity contribution in [3.8, 4) is 0 Å². The predicted octanol–water partition coefficient (Wildman–Crippen LogP) is 4.55. The van der Waals surface area contributed by atoms with Gasteiger partial charge in [0, 0.05) is 11.6 Å². The summed E-state index contributed by atoms with van der Waals surface area (Å²) in [6.07, 6.45) is 6.88. The topological polar surface area (TPSA) is 55.4 Å². The highest BCUT2D eigenvalue weighted by Crippen LogP contribution is 2.22. The molecule has 2 rings (SSSR count). The molecular formula is C18H21Cl2NO3. The standard InChI is InChI=1S/C18H21Cl2NO3/c1-12(17(22)21-10-9-13-5-3-2-4-6-13)24-18(23)15-11-14(19)7-8-16(15)20/h5,7-8,11-12H,2-4,6,9-10H2,1H3,(H,21,22)/t12-/m0/s1. The van der Waals surface area contributed by atoms with Crippen molar-refractivity contribution in [1.82, 2.24) is 5.32 Å². The van der Waals surface area contributed by atoms with Gasteiger partial charge in [0.15, 0.2) is 6.10 Å². The van der Waals surface area contributed by atoms with Gasteiger partial charge in [-0.15, -0.1) is 0 Å². The Morgan fingerprint density at radius 3 is 2.79 bits per heavy atom. The minimum atomic E-state index is -0.895. The van der Waals surface area contributed by atoms with Crippen molar-refractivity contribution in [2.24, 2.45) is 0 Å². The van der Waals surface area contributed by atoms with E-state index in [1.807, 2.05) is 0 Å². The third-order valence-corrected chi connectivity index (χ3v) is 4.50. The molecule has 24 heavy (non-hydrogen) atoms. The van der Waals surface area contributed by atoms with E-state index in [9.17, 15) is 9.59 Å². The molecule has 1 N–H and O–H groups in total. The number of halogens is 2. The number of ether oxygens (including phenoxy) is 1. The Morgan fingerprint density at radius 2 is 2.08 bits per heavy atom. The Morgan fingerprint density at radius 1 is 1.29 bits per heavy atom. The molecule has 0 bridgehead atoms. The van der Waals surface area contributed by atoms with Crippen LogP contribution in [0, 0.1) is 0 Å². The van der Waals surface area contributed by atoms with Crippen LogP contribution in [0.2, 0.25) is 10.0 Å². The van der Waals surface area contributed by atoms with Crippen LogP contribution >= 0.6 is 23.2 Å². The minimum absolute atomic E-state index is 0.149. The average molecular weight is 370 g/mol. The zero-order chi connectivity index (χ0) is 17.5. The van der Waals surface area contributed by atoms with Crippen LogP contribution in [0.5, 0.6) is 0 Å². The van der Waals surface area contributed by atoms with Crippen molar-refractivity contribution in [1.29, 1.82) is 0 Å². The maximum absolute atomic E-state index is 12.1. The Bertz CT molecular complexity index is 643. The molecule has 0 fully saturated rings. The maximum atomic E-state index is 12.1. The van der Waals surface area contributed by atoms with Crippen LogP contribution < -0.4 is 5.32 Å². The molecule has 0 aromatic heterocycles. The van der Waals surface area contributed by atoms with Gasteiger partial charge in [0.2, 0.25) is 0 Å². The zero-order valence-electron chi connectivity index (χ0n) is 13.6. The van der Waals surface area contributed by atoms with Crippen molar-refractivity contribution in [2.45, 2.75) is 45.1 Å². The highest BCUT2D eigenvalue weighted by molar-refractivity contribution is 6.35. The number of carbonyl (C=O) groups is 2. The van der Waals surface area contributed by atoms with E-state index in [-0.39, 0.29) is 16.5 Å². The number of nitrogens with one attached hydrogen (secondary N) is 1. The lowest BCUT2D eigenvalue weighted by Gasteiger charge is -2.16. The maximum Gasteiger partial charge on any atom is 0.340 e. The minimum Gasteiger partial charge on any atom is -0.449 e. The molecule has 0 saturated carbocycles. The highest BCUT2D eigenvalue weighted by Gasteiger charge is 2.20. The van der Waals surface area contributed by atoms with E-state index in [0.717, 1.165) is 19.3 Å². The summed E-state index contributed by atoms with van der Waals surface area (Å²) in [4.78, 5) is 24.1. The second-order valence-electron chi connectivity index (χ2n) is 5.82. The molecule has 1 atom stereocenters. The van der Waals surface area contributed by atoms with Crippen LogP contribution in [0.25, 0.3) is 0 Å². The zero-order valence-corrected chi connectivity index (χ0v) is 15.1. The first kappa shape index (κ1) is 18.8. The molecule has 0 aliphatic heterocycles. The van der Waals surface area contributed by atoms with Gasteiger partial charge in [-0.25, -0.2) is 4.79 Å². The van der Waals surface area contributed by atoms with E-state index in [0.29, 0.717) is 11.6 Å². The molecule has 130 valence electrons. The number of hydrogen-bond donors (Lipinski definition) is 1. The van der Waals surface area contributed by atoms with Crippen molar-refractivity contribution >= 4 is 35.1 Å². The third kappa shape index (κ3) is 5.53. The SMILES string of the molecule is C[C@H](OC(=O)c1cc(Cl)ccc1Cl)C(=O)NCCC1=CCCCC1. The number of benzene rings is 1. The molecule has 1 aromatic carbocycles. The predicted molar refractivity (Wildman–Crippen MR) is 95.5 cm³/mol. The van der Waals surface area contributed by atoms with Gasteiger partial charge in [-0.3, -0.25) is 4.79 Å². The lowest BCUT2D eigenvalue weighted by Crippen LogP contribution is -2.36. The molecule has 1 aliphatic carbocycles. The molecule has 4 nitrogen and oxygen atoms in total. The van der Waals surface area contributed by atoms with Crippen molar-refractivity contribution in [3.63, 3.8) is 0 Å². The summed E-state index contributed by atoms with van der Waals surface area (Å²) in [5.41, 5.74) is 1.54. The number of esters is 1. The van der Waals surface area contributed by atoms with E-state index in [4.69, 9.17) is 27.9 Å². The summed E-state index contributed by atoms with van der Waals surface area (Å²) in [6, 6.07) is 4.52. The Labute approximate surface area is 152 Å². The van der Waals surface area contributed by atoms with Gasteiger partial charge >= 0.3 is 5.97 Å². The largest absolute Gasteiger partial charge is 0.449 e. The normalized spacial score (nSPS) is 15.4. The summed E-state index contributed by atoms with van der Waals surface area (Å²) in [6.45, 7) is 2.08. The summed E-state index contributed by atoms with van der Waals surface area (Å²) in [7, 11) is 0. The Hall–Kier alpha value is -1.52. The van der Waals surface area contributed by atoms with E-state index < -0.39 is 12.1 Å². The lowest BCUT2D eigenvalue weighted by molar-refractivity contribution is -0.129. The number of allylic oxidation sites excluding steroid dienone is 1. The molecule has 1 amide bonds. The highest BCUT2D eigenvalue weighted by atomic mass is 35.5. The fourth-order valence-electron chi connectivity index (χ4n) is 2.55. The second kappa shape index (κ2) is 9.09. The quantitative estimate of drug-likeness (QED) is 0.591. The second-order valence-corrected chi connectivity index (χ2v) is 6.66. The smallest absolute Gasteiger partial charge is 0.340 e. The van der Waals surface area contributed by atoms with Gasteiger partial charge in [-0.05, 0) is 57.2 Å². The molecule has 6 heteroatoms. The van der Waals surface area contributed by atoms with Gasteiger partial charge in [0.05, 0.1) is 10.6 Å². The molecular weight excluding hydrogens is 349 g/mol. The molecule has 0 radical (unpaired) electrons. The first-order valence-electron chi connectivity index (χ1n) is 8.09. The molecule has 1 aliphatic rings. The van der Waals surface area contributed by atoms with Crippen molar-refractivity contribution in [2.75, 3.05) is 6.54 Å². The number of hydrogen-bond acceptors (Lipinski definition) is 3. The van der Waals surface area contributed by atoms with E-state index in [2.05, 4.69) is 11.4 Å². The lowest BCUT2D eigenvalue weighted by atomic mass is 9.97. The van der Waals surface area contributed by atoms with Crippen LogP contribution in [0.15, 0.2) is 29.8 Å². The number of carbonyl (C=O) groups excluding carboxylic acids is 2. The first-order valence-corrected chi connectivity index (χ1v) is 8.84. The van der Waals surface area contributed by atoms with Gasteiger partial charge in [-0.1, -0.05) is 34.9 Å². The van der Waals surface area contributed by atoms with E-state index in [1.165, 1.54) is 37.5 Å². The molecule has 1 aromatic rings. The fraction of sp³-hybridized carbons (Fsp3) is 0.444. The van der Waals surface area contributed by atoms with E-state index >= 15 is 0 Å². The van der Waals surface area contributed by atoms with Crippen LogP contribution in [0.3, 0.4) is 0 Å². The fourth-order valence-corrected chi connectivity index (χ4v) is 2.92. The molecule has 0 heterocycles. The Kier molecular flexibility index (Phi) is 7.13. The van der Waals surface area contributed by atoms with Gasteiger partial charge in [0.25, 0.3) is 5.91 Å². The molecule has 0 saturated heterocycles. The first-order chi connectivity index (χ1) is 11.5. The Balaban J connectivity index is 1.81. The van der Waals surface area contributed by atoms with E-state index in [1.54, 1.807) is 6.07 Å². The van der Waals surface area contributed by atoms with Crippen LogP contribution in [0.1, 0.15) is 49.4 Å². The summed E-state index contributed by atoms with van der Waals surface area (Å²) in [5.74, 6) is -0.988. The van der Waals surface area contributed by atoms with Crippen molar-refractivity contribution in [3.05, 3.63) is 45.5 Å². The monoisotopic (exact) mass is 369 g/mol. The number of rotatable bonds is 6. The van der Waals surface area contributed by atoms with Gasteiger partial charge in [-0.2, -0.15) is 0 Å². The van der Waals surface area contributed by atoms with Crippen LogP contribution in [-0.4, -0.2) is 24.5 Å². The van der Waals surface area contributed by atoms with Gasteiger partial charge in [0.1, 0.15) is 0 Å². The number of amides is 1. The average Bonchev–Trinajstić information content (AvgIpc) is 2.57. The van der Waals surface area contributed by atoms with Crippen molar-refractivity contribution < 1.29 is 14.3 Å². The third-order valence-electron chi connectivity index (χ3n) is 3.93. The summed E-state index contributed by atoms with van der Waals surface area (Å²) < 4.78 is 5.17. The van der Waals surface area contributed by atoms with Crippen LogP contribution in [-0.2, 0) is 9.53 Å². The van der Waals surface area contributed by atoms with Crippen LogP contribution in [0.4, 0.5) is 0 Å². The summed E-state index contributed by atoms with van der Waals surface area (Å²) >= 11 is 11.8.